The first-order valence-corrected chi connectivity index (χ1v) is 9.35. The van der Waals surface area contributed by atoms with Gasteiger partial charge in [-0.05, 0) is 55.0 Å². The molecule has 0 unspecified atom stereocenters. The monoisotopic (exact) mass is 412 g/mol. The molecule has 2 amide bonds. The number of amides is 2. The van der Waals surface area contributed by atoms with Crippen LogP contribution in [0.15, 0.2) is 54.6 Å². The fourth-order valence-corrected chi connectivity index (χ4v) is 2.70. The van der Waals surface area contributed by atoms with Crippen LogP contribution in [0.5, 0.6) is 11.6 Å². The fraction of sp³-hybridized carbons (Fsp3) is 0.190. The molecule has 3 aromatic rings. The van der Waals surface area contributed by atoms with E-state index in [1.807, 2.05) is 43.3 Å². The molecular formula is C21H21ClN4O3. The molecule has 3 rings (SSSR count). The van der Waals surface area contributed by atoms with Gasteiger partial charge in [0, 0.05) is 11.6 Å². The first kappa shape index (κ1) is 20.4. The maximum absolute atomic E-state index is 12.0. The maximum atomic E-state index is 12.0. The number of nitrogens with one attached hydrogen (secondary N) is 2. The second kappa shape index (κ2) is 9.75. The number of rotatable bonds is 7. The molecule has 29 heavy (non-hydrogen) atoms. The minimum absolute atomic E-state index is 0.255. The number of carbonyl (C=O) groups excluding carboxylic acids is 1. The predicted molar refractivity (Wildman–Crippen MR) is 113 cm³/mol. The van der Waals surface area contributed by atoms with Crippen molar-refractivity contribution in [2.24, 2.45) is 0 Å². The lowest BCUT2D eigenvalue weighted by atomic mass is 10.1. The fourth-order valence-electron chi connectivity index (χ4n) is 2.53. The highest BCUT2D eigenvalue weighted by atomic mass is 35.5. The van der Waals surface area contributed by atoms with E-state index in [0.29, 0.717) is 23.1 Å². The summed E-state index contributed by atoms with van der Waals surface area (Å²) in [5, 5.41) is 14.1. The summed E-state index contributed by atoms with van der Waals surface area (Å²) in [5.41, 5.74) is 3.22. The van der Waals surface area contributed by atoms with Crippen molar-refractivity contribution >= 4 is 23.3 Å². The molecule has 0 spiro atoms. The number of carbonyl (C=O) groups is 1. The number of urea groups is 1. The van der Waals surface area contributed by atoms with Gasteiger partial charge in [0.25, 0.3) is 0 Å². The van der Waals surface area contributed by atoms with Gasteiger partial charge in [0.2, 0.25) is 5.88 Å². The molecule has 0 aliphatic heterocycles. The lowest BCUT2D eigenvalue weighted by Gasteiger charge is -2.10. The maximum Gasteiger partial charge on any atom is 0.319 e. The number of halogens is 1. The Bertz CT molecular complexity index is 963. The molecule has 2 aromatic carbocycles. The summed E-state index contributed by atoms with van der Waals surface area (Å²) < 4.78 is 10.7. The van der Waals surface area contributed by atoms with E-state index in [0.717, 1.165) is 22.6 Å². The molecule has 1 heterocycles. The van der Waals surface area contributed by atoms with E-state index < -0.39 is 0 Å². The molecule has 150 valence electrons. The minimum Gasteiger partial charge on any atom is -0.497 e. The summed E-state index contributed by atoms with van der Waals surface area (Å²) in [6.07, 6.45) is 0. The number of benzene rings is 2. The van der Waals surface area contributed by atoms with Gasteiger partial charge in [-0.3, -0.25) is 0 Å². The quantitative estimate of drug-likeness (QED) is 0.564. The number of ether oxygens (including phenoxy) is 2. The summed E-state index contributed by atoms with van der Waals surface area (Å²) in [7, 11) is 1.62. The number of nitrogens with zero attached hydrogens (tertiary/aromatic N) is 2. The van der Waals surface area contributed by atoms with Crippen molar-refractivity contribution in [1.29, 1.82) is 0 Å². The van der Waals surface area contributed by atoms with E-state index in [-0.39, 0.29) is 12.6 Å². The average molecular weight is 413 g/mol. The Morgan fingerprint density at radius 3 is 2.55 bits per heavy atom. The normalized spacial score (nSPS) is 10.3. The second-order valence-electron chi connectivity index (χ2n) is 6.20. The number of aromatic nitrogens is 2. The summed E-state index contributed by atoms with van der Waals surface area (Å²) in [6.45, 7) is 2.48. The summed E-state index contributed by atoms with van der Waals surface area (Å²) >= 11 is 6.07. The molecule has 0 aliphatic carbocycles. The highest BCUT2D eigenvalue weighted by Gasteiger charge is 2.06. The molecule has 2 N–H and O–H groups in total. The van der Waals surface area contributed by atoms with Crippen LogP contribution >= 0.6 is 11.6 Å². The summed E-state index contributed by atoms with van der Waals surface area (Å²) in [6, 6.07) is 16.2. The van der Waals surface area contributed by atoms with Crippen molar-refractivity contribution in [2.75, 3.05) is 25.6 Å². The van der Waals surface area contributed by atoms with Gasteiger partial charge in [-0.15, -0.1) is 10.2 Å². The van der Waals surface area contributed by atoms with Crippen molar-refractivity contribution in [3.63, 3.8) is 0 Å². The van der Waals surface area contributed by atoms with Crippen molar-refractivity contribution in [3.05, 3.63) is 65.2 Å². The number of hydrogen-bond donors (Lipinski definition) is 2. The van der Waals surface area contributed by atoms with Gasteiger partial charge in [-0.1, -0.05) is 17.7 Å². The molecule has 0 saturated heterocycles. The van der Waals surface area contributed by atoms with Gasteiger partial charge in [-0.2, -0.15) is 0 Å². The van der Waals surface area contributed by atoms with Gasteiger partial charge in [0.1, 0.15) is 12.4 Å². The largest absolute Gasteiger partial charge is 0.497 e. The van der Waals surface area contributed by atoms with Crippen LogP contribution in [0.3, 0.4) is 0 Å². The lowest BCUT2D eigenvalue weighted by Crippen LogP contribution is -2.32. The summed E-state index contributed by atoms with van der Waals surface area (Å²) in [4.78, 5) is 12.0. The Labute approximate surface area is 174 Å². The van der Waals surface area contributed by atoms with Gasteiger partial charge in [-0.25, -0.2) is 4.79 Å². The molecule has 0 fully saturated rings. The molecule has 1 aromatic heterocycles. The Kier molecular flexibility index (Phi) is 6.86. The van der Waals surface area contributed by atoms with Crippen molar-refractivity contribution < 1.29 is 14.3 Å². The molecule has 0 saturated carbocycles. The molecular weight excluding hydrogens is 392 g/mol. The molecule has 0 aliphatic rings. The molecule has 7 nitrogen and oxygen atoms in total. The van der Waals surface area contributed by atoms with Crippen LogP contribution < -0.4 is 20.1 Å². The molecule has 0 atom stereocenters. The van der Waals surface area contributed by atoms with Crippen LogP contribution in [0.2, 0.25) is 5.02 Å². The minimum atomic E-state index is -0.359. The van der Waals surface area contributed by atoms with Gasteiger partial charge in [0.15, 0.2) is 0 Å². The van der Waals surface area contributed by atoms with Crippen LogP contribution in [0.25, 0.3) is 11.3 Å². The predicted octanol–water partition coefficient (Wildman–Crippen LogP) is 4.31. The van der Waals surface area contributed by atoms with Crippen molar-refractivity contribution in [3.8, 4) is 22.9 Å². The zero-order valence-electron chi connectivity index (χ0n) is 16.1. The van der Waals surface area contributed by atoms with Crippen LogP contribution in [-0.4, -0.2) is 36.5 Å². The van der Waals surface area contributed by atoms with Crippen LogP contribution in [0.4, 0.5) is 10.5 Å². The van der Waals surface area contributed by atoms with E-state index in [2.05, 4.69) is 20.8 Å². The molecule has 0 bridgehead atoms. The molecule has 8 heteroatoms. The van der Waals surface area contributed by atoms with Crippen molar-refractivity contribution in [2.45, 2.75) is 6.92 Å². The highest BCUT2D eigenvalue weighted by Crippen LogP contribution is 2.23. The van der Waals surface area contributed by atoms with E-state index in [1.165, 1.54) is 0 Å². The standard InChI is InChI=1S/C21H21ClN4O3/c1-14-3-8-17(22)19(13-14)24-21(27)23-11-12-29-20-10-9-18(25-26-20)15-4-6-16(28-2)7-5-15/h3-10,13H,11-12H2,1-2H3,(H2,23,24,27). The average Bonchev–Trinajstić information content (AvgIpc) is 2.74. The highest BCUT2D eigenvalue weighted by molar-refractivity contribution is 6.33. The number of hydrogen-bond acceptors (Lipinski definition) is 5. The second-order valence-corrected chi connectivity index (χ2v) is 6.61. The Balaban J connectivity index is 1.44. The van der Waals surface area contributed by atoms with E-state index in [9.17, 15) is 4.79 Å². The first-order chi connectivity index (χ1) is 14.0. The van der Waals surface area contributed by atoms with Gasteiger partial charge in [0.05, 0.1) is 30.1 Å². The third-order valence-electron chi connectivity index (χ3n) is 4.03. The topological polar surface area (TPSA) is 85.4 Å². The number of methoxy groups -OCH3 is 1. The third kappa shape index (κ3) is 5.83. The van der Waals surface area contributed by atoms with E-state index in [1.54, 1.807) is 25.3 Å². The van der Waals surface area contributed by atoms with Crippen molar-refractivity contribution in [1.82, 2.24) is 15.5 Å². The zero-order chi connectivity index (χ0) is 20.6. The number of anilines is 1. The lowest BCUT2D eigenvalue weighted by molar-refractivity contribution is 0.246. The smallest absolute Gasteiger partial charge is 0.319 e. The van der Waals surface area contributed by atoms with Gasteiger partial charge >= 0.3 is 6.03 Å². The zero-order valence-corrected chi connectivity index (χ0v) is 16.9. The molecule has 0 radical (unpaired) electrons. The van der Waals surface area contributed by atoms with Crippen LogP contribution in [-0.2, 0) is 0 Å². The van der Waals surface area contributed by atoms with Crippen LogP contribution in [0.1, 0.15) is 5.56 Å². The first-order valence-electron chi connectivity index (χ1n) is 8.97. The van der Waals surface area contributed by atoms with E-state index in [4.69, 9.17) is 21.1 Å². The Morgan fingerprint density at radius 1 is 1.07 bits per heavy atom. The number of aryl methyl sites for hydroxylation is 1. The van der Waals surface area contributed by atoms with E-state index >= 15 is 0 Å². The third-order valence-corrected chi connectivity index (χ3v) is 4.36. The summed E-state index contributed by atoms with van der Waals surface area (Å²) in [5.74, 6) is 1.16. The van der Waals surface area contributed by atoms with Gasteiger partial charge < -0.3 is 20.1 Å². The Morgan fingerprint density at radius 2 is 1.86 bits per heavy atom. The SMILES string of the molecule is COc1ccc(-c2ccc(OCCNC(=O)Nc3cc(C)ccc3Cl)nn2)cc1. The van der Waals surface area contributed by atoms with Crippen LogP contribution in [0, 0.1) is 6.92 Å². The Hall–Kier alpha value is -3.32.